The van der Waals surface area contributed by atoms with Crippen molar-refractivity contribution in [3.05, 3.63) is 34.9 Å². The van der Waals surface area contributed by atoms with E-state index in [2.05, 4.69) is 37.4 Å². The average Bonchev–Trinajstić information content (AvgIpc) is 2.46. The zero-order chi connectivity index (χ0) is 16.1. The minimum absolute atomic E-state index is 0.00956. The Morgan fingerprint density at radius 2 is 1.77 bits per heavy atom. The van der Waals surface area contributed by atoms with Gasteiger partial charge in [-0.25, -0.2) is 0 Å². The second-order valence-corrected chi connectivity index (χ2v) is 6.44. The molecule has 1 fully saturated rings. The summed E-state index contributed by atoms with van der Waals surface area (Å²) in [7, 11) is 0. The first-order chi connectivity index (χ1) is 10.5. The third-order valence-electron chi connectivity index (χ3n) is 4.39. The number of hydrogen-bond donors (Lipinski definition) is 2. The van der Waals surface area contributed by atoms with E-state index in [1.807, 2.05) is 0 Å². The van der Waals surface area contributed by atoms with Crippen LogP contribution >= 0.6 is 0 Å². The van der Waals surface area contributed by atoms with Gasteiger partial charge in [0.2, 0.25) is 5.91 Å². The van der Waals surface area contributed by atoms with Crippen LogP contribution in [0, 0.1) is 25.7 Å². The normalized spacial score (nSPS) is 21.4. The first-order valence-corrected chi connectivity index (χ1v) is 8.03. The van der Waals surface area contributed by atoms with E-state index in [0.29, 0.717) is 19.4 Å². The van der Waals surface area contributed by atoms with Gasteiger partial charge in [-0.05, 0) is 45.1 Å². The molecular weight excluding hydrogens is 278 g/mol. The summed E-state index contributed by atoms with van der Waals surface area (Å²) in [5.41, 5.74) is 3.70. The van der Waals surface area contributed by atoms with E-state index in [1.54, 1.807) is 0 Å². The highest BCUT2D eigenvalue weighted by molar-refractivity contribution is 5.80. The van der Waals surface area contributed by atoms with Crippen LogP contribution in [0.1, 0.15) is 42.4 Å². The van der Waals surface area contributed by atoms with Gasteiger partial charge in [0.25, 0.3) is 0 Å². The van der Waals surface area contributed by atoms with Crippen molar-refractivity contribution in [2.24, 2.45) is 11.8 Å². The number of benzene rings is 1. The molecular formula is C18H25NO3. The predicted molar refractivity (Wildman–Crippen MR) is 85.7 cm³/mol. The molecule has 1 aromatic carbocycles. The number of carboxylic acid groups (broad SMARTS) is 1. The van der Waals surface area contributed by atoms with E-state index >= 15 is 0 Å². The first-order valence-electron chi connectivity index (χ1n) is 8.03. The van der Waals surface area contributed by atoms with Crippen molar-refractivity contribution in [3.63, 3.8) is 0 Å². The molecule has 0 bridgehead atoms. The largest absolute Gasteiger partial charge is 0.481 e. The Morgan fingerprint density at radius 1 is 1.14 bits per heavy atom. The number of aliphatic carboxylic acids is 1. The zero-order valence-corrected chi connectivity index (χ0v) is 13.4. The maximum atomic E-state index is 12.2. The van der Waals surface area contributed by atoms with E-state index in [9.17, 15) is 9.59 Å². The summed E-state index contributed by atoms with van der Waals surface area (Å²) in [4.78, 5) is 23.2. The number of amides is 1. The summed E-state index contributed by atoms with van der Waals surface area (Å²) < 4.78 is 0. The zero-order valence-electron chi connectivity index (χ0n) is 13.4. The molecule has 1 aliphatic carbocycles. The fourth-order valence-corrected chi connectivity index (χ4v) is 3.34. The molecule has 120 valence electrons. The molecule has 2 atom stereocenters. The Labute approximate surface area is 131 Å². The molecule has 1 aromatic rings. The van der Waals surface area contributed by atoms with Gasteiger partial charge in [0.1, 0.15) is 0 Å². The summed E-state index contributed by atoms with van der Waals surface area (Å²) in [6.45, 7) is 4.75. The molecule has 0 spiro atoms. The smallest absolute Gasteiger partial charge is 0.306 e. The van der Waals surface area contributed by atoms with E-state index in [4.69, 9.17) is 5.11 Å². The van der Waals surface area contributed by atoms with Crippen LogP contribution in [0.5, 0.6) is 0 Å². The van der Waals surface area contributed by atoms with E-state index in [1.165, 1.54) is 16.7 Å². The Balaban J connectivity index is 1.81. The number of hydrogen-bond acceptors (Lipinski definition) is 2. The molecule has 1 amide bonds. The van der Waals surface area contributed by atoms with Crippen LogP contribution in [0.25, 0.3) is 0 Å². The molecule has 22 heavy (non-hydrogen) atoms. The van der Waals surface area contributed by atoms with Crippen molar-refractivity contribution < 1.29 is 14.7 Å². The second kappa shape index (κ2) is 7.43. The van der Waals surface area contributed by atoms with Crippen LogP contribution in [0.15, 0.2) is 18.2 Å². The van der Waals surface area contributed by atoms with Crippen LogP contribution in [0.2, 0.25) is 0 Å². The molecule has 0 heterocycles. The molecule has 4 heteroatoms. The SMILES string of the molecule is Cc1cc(C)cc(CCNC(=O)C2CCCC(C(=O)O)C2)c1. The van der Waals surface area contributed by atoms with Gasteiger partial charge >= 0.3 is 5.97 Å². The van der Waals surface area contributed by atoms with Crippen molar-refractivity contribution in [2.75, 3.05) is 6.54 Å². The van der Waals surface area contributed by atoms with Gasteiger partial charge in [0.15, 0.2) is 0 Å². The monoisotopic (exact) mass is 303 g/mol. The first kappa shape index (κ1) is 16.5. The summed E-state index contributed by atoms with van der Waals surface area (Å²) in [6.07, 6.45) is 3.61. The molecule has 1 saturated carbocycles. The Kier molecular flexibility index (Phi) is 5.58. The van der Waals surface area contributed by atoms with Gasteiger partial charge in [-0.1, -0.05) is 35.7 Å². The molecule has 0 radical (unpaired) electrons. The fraction of sp³-hybridized carbons (Fsp3) is 0.556. The molecule has 2 rings (SSSR count). The van der Waals surface area contributed by atoms with Crippen LogP contribution in [-0.2, 0) is 16.0 Å². The van der Waals surface area contributed by atoms with Gasteiger partial charge in [0, 0.05) is 12.5 Å². The van der Waals surface area contributed by atoms with E-state index < -0.39 is 5.97 Å². The van der Waals surface area contributed by atoms with Gasteiger partial charge < -0.3 is 10.4 Å². The van der Waals surface area contributed by atoms with Crippen LogP contribution in [0.3, 0.4) is 0 Å². The number of carbonyl (C=O) groups is 2. The molecule has 2 N–H and O–H groups in total. The lowest BCUT2D eigenvalue weighted by atomic mass is 9.81. The summed E-state index contributed by atoms with van der Waals surface area (Å²) in [5.74, 6) is -1.26. The Hall–Kier alpha value is -1.84. The van der Waals surface area contributed by atoms with Crippen LogP contribution < -0.4 is 5.32 Å². The van der Waals surface area contributed by atoms with E-state index in [-0.39, 0.29) is 17.7 Å². The van der Waals surface area contributed by atoms with Gasteiger partial charge in [0.05, 0.1) is 5.92 Å². The lowest BCUT2D eigenvalue weighted by Gasteiger charge is -2.25. The van der Waals surface area contributed by atoms with Crippen molar-refractivity contribution in [3.8, 4) is 0 Å². The van der Waals surface area contributed by atoms with Gasteiger partial charge in [-0.2, -0.15) is 0 Å². The van der Waals surface area contributed by atoms with Crippen molar-refractivity contribution in [2.45, 2.75) is 46.0 Å². The number of carbonyl (C=O) groups excluding carboxylic acids is 1. The molecule has 2 unspecified atom stereocenters. The summed E-state index contributed by atoms with van der Waals surface area (Å²) in [5, 5.41) is 12.1. The minimum Gasteiger partial charge on any atom is -0.481 e. The van der Waals surface area contributed by atoms with Crippen molar-refractivity contribution >= 4 is 11.9 Å². The number of carboxylic acids is 1. The average molecular weight is 303 g/mol. The lowest BCUT2D eigenvalue weighted by molar-refractivity contribution is -0.144. The quantitative estimate of drug-likeness (QED) is 0.879. The minimum atomic E-state index is -0.771. The lowest BCUT2D eigenvalue weighted by Crippen LogP contribution is -2.36. The maximum absolute atomic E-state index is 12.2. The maximum Gasteiger partial charge on any atom is 0.306 e. The summed E-state index contributed by atoms with van der Waals surface area (Å²) in [6, 6.07) is 6.41. The predicted octanol–water partition coefficient (Wildman–Crippen LogP) is 2.85. The van der Waals surface area contributed by atoms with Gasteiger partial charge in [-0.3, -0.25) is 9.59 Å². The van der Waals surface area contributed by atoms with Crippen molar-refractivity contribution in [1.82, 2.24) is 5.32 Å². The molecule has 0 aromatic heterocycles. The molecule has 0 aliphatic heterocycles. The Bertz CT molecular complexity index is 533. The number of rotatable bonds is 5. The highest BCUT2D eigenvalue weighted by Crippen LogP contribution is 2.29. The van der Waals surface area contributed by atoms with Gasteiger partial charge in [-0.15, -0.1) is 0 Å². The van der Waals surface area contributed by atoms with Crippen molar-refractivity contribution in [1.29, 1.82) is 0 Å². The third kappa shape index (κ3) is 4.58. The third-order valence-corrected chi connectivity index (χ3v) is 4.39. The van der Waals surface area contributed by atoms with Crippen LogP contribution in [-0.4, -0.2) is 23.5 Å². The Morgan fingerprint density at radius 3 is 2.41 bits per heavy atom. The van der Waals surface area contributed by atoms with E-state index in [0.717, 1.165) is 19.3 Å². The second-order valence-electron chi connectivity index (χ2n) is 6.44. The topological polar surface area (TPSA) is 66.4 Å². The fourth-order valence-electron chi connectivity index (χ4n) is 3.34. The standard InChI is InChI=1S/C18H25NO3/c1-12-8-13(2)10-14(9-12)6-7-19-17(20)15-4-3-5-16(11-15)18(21)22/h8-10,15-16H,3-7,11H2,1-2H3,(H,19,20)(H,21,22). The molecule has 4 nitrogen and oxygen atoms in total. The molecule has 0 saturated heterocycles. The summed E-state index contributed by atoms with van der Waals surface area (Å²) >= 11 is 0. The molecule has 1 aliphatic rings. The number of aryl methyl sites for hydroxylation is 2. The number of nitrogens with one attached hydrogen (secondary N) is 1. The highest BCUT2D eigenvalue weighted by Gasteiger charge is 2.30. The van der Waals surface area contributed by atoms with Crippen LogP contribution in [0.4, 0.5) is 0 Å². The highest BCUT2D eigenvalue weighted by atomic mass is 16.4.